The van der Waals surface area contributed by atoms with Crippen molar-refractivity contribution in [2.45, 2.75) is 19.5 Å². The molecule has 1 heterocycles. The van der Waals surface area contributed by atoms with Gasteiger partial charge < -0.3 is 20.1 Å². The highest BCUT2D eigenvalue weighted by Crippen LogP contribution is 2.22. The summed E-state index contributed by atoms with van der Waals surface area (Å²) in [4.78, 5) is 6.72. The summed E-state index contributed by atoms with van der Waals surface area (Å²) >= 11 is 0. The van der Waals surface area contributed by atoms with Crippen LogP contribution in [-0.2, 0) is 11.3 Å². The van der Waals surface area contributed by atoms with Crippen molar-refractivity contribution < 1.29 is 13.9 Å². The Bertz CT molecular complexity index is 813. The molecule has 31 heavy (non-hydrogen) atoms. The average Bonchev–Trinajstić information content (AvgIpc) is 2.79. The molecule has 2 aromatic rings. The molecule has 6 nitrogen and oxygen atoms in total. The van der Waals surface area contributed by atoms with E-state index in [2.05, 4.69) is 20.5 Å². The molecule has 0 spiro atoms. The van der Waals surface area contributed by atoms with Gasteiger partial charge in [-0.2, -0.15) is 0 Å². The lowest BCUT2D eigenvalue weighted by atomic mass is 10.0. The van der Waals surface area contributed by atoms with Gasteiger partial charge in [-0.1, -0.05) is 30.3 Å². The number of morpholine rings is 1. The molecule has 170 valence electrons. The summed E-state index contributed by atoms with van der Waals surface area (Å²) < 4.78 is 24.6. The maximum Gasteiger partial charge on any atom is 0.191 e. The first-order chi connectivity index (χ1) is 14.7. The third kappa shape index (κ3) is 7.62. The Labute approximate surface area is 201 Å². The van der Waals surface area contributed by atoms with Crippen molar-refractivity contribution in [2.75, 3.05) is 46.5 Å². The van der Waals surface area contributed by atoms with Gasteiger partial charge in [0, 0.05) is 38.8 Å². The van der Waals surface area contributed by atoms with Gasteiger partial charge >= 0.3 is 0 Å². The molecule has 1 aliphatic heterocycles. The minimum absolute atomic E-state index is 0. The fourth-order valence-electron chi connectivity index (χ4n) is 3.57. The molecule has 0 aromatic heterocycles. The second-order valence-corrected chi connectivity index (χ2v) is 7.06. The molecule has 0 saturated carbocycles. The van der Waals surface area contributed by atoms with Crippen LogP contribution in [0.15, 0.2) is 53.5 Å². The van der Waals surface area contributed by atoms with Crippen LogP contribution in [-0.4, -0.2) is 57.4 Å². The molecule has 3 rings (SSSR count). The Morgan fingerprint density at radius 1 is 1.13 bits per heavy atom. The van der Waals surface area contributed by atoms with E-state index in [4.69, 9.17) is 9.47 Å². The number of ether oxygens (including phenoxy) is 2. The molecule has 2 N–H and O–H groups in total. The maximum absolute atomic E-state index is 13.4. The molecule has 1 saturated heterocycles. The first-order valence-corrected chi connectivity index (χ1v) is 10.4. The molecule has 8 heteroatoms. The number of rotatable bonds is 8. The monoisotopic (exact) mass is 542 g/mol. The van der Waals surface area contributed by atoms with Crippen LogP contribution in [0.3, 0.4) is 0 Å². The van der Waals surface area contributed by atoms with Crippen molar-refractivity contribution in [3.05, 3.63) is 65.5 Å². The summed E-state index contributed by atoms with van der Waals surface area (Å²) in [5.41, 5.74) is 2.15. The molecular weight excluding hydrogens is 510 g/mol. The van der Waals surface area contributed by atoms with Gasteiger partial charge in [-0.15, -0.1) is 24.0 Å². The Hall–Kier alpha value is -1.91. The molecule has 0 radical (unpaired) electrons. The van der Waals surface area contributed by atoms with E-state index in [1.54, 1.807) is 7.05 Å². The number of nitrogens with zero attached hydrogens (tertiary/aromatic N) is 2. The predicted molar refractivity (Wildman–Crippen MR) is 133 cm³/mol. The van der Waals surface area contributed by atoms with Crippen molar-refractivity contribution in [1.82, 2.24) is 15.5 Å². The van der Waals surface area contributed by atoms with Crippen molar-refractivity contribution in [1.29, 1.82) is 0 Å². The van der Waals surface area contributed by atoms with E-state index >= 15 is 0 Å². The zero-order valence-corrected chi connectivity index (χ0v) is 20.5. The molecule has 1 atom stereocenters. The Balaban J connectivity index is 0.00000341. The molecule has 1 unspecified atom stereocenters. The van der Waals surface area contributed by atoms with Crippen LogP contribution in [0.25, 0.3) is 0 Å². The van der Waals surface area contributed by atoms with Crippen LogP contribution in [0, 0.1) is 5.82 Å². The number of halogens is 2. The largest absolute Gasteiger partial charge is 0.494 e. The van der Waals surface area contributed by atoms with Crippen LogP contribution in [0.4, 0.5) is 4.39 Å². The van der Waals surface area contributed by atoms with E-state index < -0.39 is 0 Å². The average molecular weight is 542 g/mol. The summed E-state index contributed by atoms with van der Waals surface area (Å²) in [5, 5.41) is 6.78. The van der Waals surface area contributed by atoms with Gasteiger partial charge in [0.1, 0.15) is 11.6 Å². The van der Waals surface area contributed by atoms with Gasteiger partial charge in [0.15, 0.2) is 5.96 Å². The zero-order chi connectivity index (χ0) is 21.2. The van der Waals surface area contributed by atoms with E-state index in [1.165, 1.54) is 12.1 Å². The quantitative estimate of drug-likeness (QED) is 0.304. The molecule has 0 amide bonds. The summed E-state index contributed by atoms with van der Waals surface area (Å²) in [7, 11) is 1.76. The lowest BCUT2D eigenvalue weighted by molar-refractivity contribution is 0.0170. The summed E-state index contributed by atoms with van der Waals surface area (Å²) in [6.45, 7) is 6.97. The van der Waals surface area contributed by atoms with Crippen LogP contribution in [0.1, 0.15) is 24.1 Å². The van der Waals surface area contributed by atoms with E-state index in [-0.39, 0.29) is 35.8 Å². The van der Waals surface area contributed by atoms with Crippen LogP contribution in [0.5, 0.6) is 5.75 Å². The predicted octanol–water partition coefficient (Wildman–Crippen LogP) is 3.58. The number of hydrogen-bond acceptors (Lipinski definition) is 4. The van der Waals surface area contributed by atoms with Gasteiger partial charge in [0.25, 0.3) is 0 Å². The molecule has 1 fully saturated rings. The Kier molecular flexibility index (Phi) is 11.0. The molecule has 0 aliphatic carbocycles. The highest BCUT2D eigenvalue weighted by Gasteiger charge is 2.23. The lowest BCUT2D eigenvalue weighted by Gasteiger charge is -2.35. The van der Waals surface area contributed by atoms with Crippen LogP contribution < -0.4 is 15.4 Å². The number of aliphatic imine (C=N–C) groups is 1. The third-order valence-electron chi connectivity index (χ3n) is 5.15. The summed E-state index contributed by atoms with van der Waals surface area (Å²) in [6, 6.07) is 14.8. The normalized spacial score (nSPS) is 15.6. The fourth-order valence-corrected chi connectivity index (χ4v) is 3.57. The second kappa shape index (κ2) is 13.5. The minimum atomic E-state index is -0.224. The third-order valence-corrected chi connectivity index (χ3v) is 5.15. The molecular formula is C23H32FIN4O2. The molecule has 1 aliphatic rings. The molecule has 0 bridgehead atoms. The van der Waals surface area contributed by atoms with Crippen molar-refractivity contribution in [3.8, 4) is 5.75 Å². The van der Waals surface area contributed by atoms with Gasteiger partial charge in [-0.3, -0.25) is 9.89 Å². The van der Waals surface area contributed by atoms with E-state index in [1.807, 2.05) is 43.3 Å². The number of para-hydroxylation sites is 1. The summed E-state index contributed by atoms with van der Waals surface area (Å²) in [5.74, 6) is 1.36. The number of hydrogen-bond donors (Lipinski definition) is 2. The first-order valence-electron chi connectivity index (χ1n) is 10.4. The smallest absolute Gasteiger partial charge is 0.191 e. The van der Waals surface area contributed by atoms with Gasteiger partial charge in [0.05, 0.1) is 25.9 Å². The van der Waals surface area contributed by atoms with Crippen LogP contribution in [0.2, 0.25) is 0 Å². The number of benzene rings is 2. The van der Waals surface area contributed by atoms with E-state index in [0.29, 0.717) is 38.9 Å². The van der Waals surface area contributed by atoms with Gasteiger partial charge in [-0.05, 0) is 30.7 Å². The highest BCUT2D eigenvalue weighted by atomic mass is 127. The first kappa shape index (κ1) is 25.4. The Morgan fingerprint density at radius 3 is 2.52 bits per heavy atom. The fraction of sp³-hybridized carbons (Fsp3) is 0.435. The van der Waals surface area contributed by atoms with Gasteiger partial charge in [0.2, 0.25) is 0 Å². The second-order valence-electron chi connectivity index (χ2n) is 7.06. The topological polar surface area (TPSA) is 58.1 Å². The number of nitrogens with one attached hydrogen (secondary N) is 2. The lowest BCUT2D eigenvalue weighted by Crippen LogP contribution is -2.46. The standard InChI is InChI=1S/C23H31FN4O2.HI/c1-3-30-22-7-5-4-6-19(22)16-26-23(25-2)27-17-21(28-12-14-29-15-13-28)18-8-10-20(24)11-9-18;/h4-11,21H,3,12-17H2,1-2H3,(H2,25,26,27);1H. The Morgan fingerprint density at radius 2 is 1.84 bits per heavy atom. The van der Waals surface area contributed by atoms with Crippen molar-refractivity contribution >= 4 is 29.9 Å². The molecule has 2 aromatic carbocycles. The van der Waals surface area contributed by atoms with Gasteiger partial charge in [-0.25, -0.2) is 4.39 Å². The van der Waals surface area contributed by atoms with E-state index in [0.717, 1.165) is 30.0 Å². The SMILES string of the molecule is CCOc1ccccc1CNC(=NC)NCC(c1ccc(F)cc1)N1CCOCC1.I. The van der Waals surface area contributed by atoms with Crippen molar-refractivity contribution in [2.24, 2.45) is 4.99 Å². The van der Waals surface area contributed by atoms with E-state index in [9.17, 15) is 4.39 Å². The number of guanidine groups is 1. The zero-order valence-electron chi connectivity index (χ0n) is 18.1. The highest BCUT2D eigenvalue weighted by molar-refractivity contribution is 14.0. The maximum atomic E-state index is 13.4. The summed E-state index contributed by atoms with van der Waals surface area (Å²) in [6.07, 6.45) is 0. The minimum Gasteiger partial charge on any atom is -0.494 e. The van der Waals surface area contributed by atoms with Crippen LogP contribution >= 0.6 is 24.0 Å². The van der Waals surface area contributed by atoms with Crippen molar-refractivity contribution in [3.63, 3.8) is 0 Å².